The summed E-state index contributed by atoms with van der Waals surface area (Å²) in [7, 11) is 0. The Kier molecular flexibility index (Phi) is 4.24. The molecule has 2 aromatic carbocycles. The third-order valence-corrected chi connectivity index (χ3v) is 3.19. The van der Waals surface area contributed by atoms with E-state index < -0.39 is 11.6 Å². The van der Waals surface area contributed by atoms with Gasteiger partial charge in [-0.3, -0.25) is 11.3 Å². The Balaban J connectivity index is 2.24. The molecule has 0 spiro atoms. The first-order valence-electron chi connectivity index (χ1n) is 6.07. The lowest BCUT2D eigenvalue weighted by Crippen LogP contribution is -2.30. The highest BCUT2D eigenvalue weighted by Gasteiger charge is 2.13. The summed E-state index contributed by atoms with van der Waals surface area (Å²) < 4.78 is 26.1. The smallest absolute Gasteiger partial charge is 0.159 e. The van der Waals surface area contributed by atoms with Gasteiger partial charge in [0.1, 0.15) is 0 Å². The van der Waals surface area contributed by atoms with Crippen LogP contribution in [0.5, 0.6) is 0 Å². The van der Waals surface area contributed by atoms with Gasteiger partial charge >= 0.3 is 0 Å². The van der Waals surface area contributed by atoms with Crippen LogP contribution in [0.25, 0.3) is 0 Å². The molecule has 0 saturated heterocycles. The highest BCUT2D eigenvalue weighted by molar-refractivity contribution is 5.30. The second kappa shape index (κ2) is 5.91. The molecule has 0 amide bonds. The van der Waals surface area contributed by atoms with Gasteiger partial charge in [-0.25, -0.2) is 8.78 Å². The average molecular weight is 262 g/mol. The minimum absolute atomic E-state index is 0.133. The molecule has 1 atom stereocenters. The van der Waals surface area contributed by atoms with Crippen molar-refractivity contribution in [3.05, 3.63) is 70.8 Å². The summed E-state index contributed by atoms with van der Waals surface area (Å²) in [6, 6.07) is 11.6. The lowest BCUT2D eigenvalue weighted by Gasteiger charge is -2.18. The standard InChI is InChI=1S/C15H16F2N2/c1-10-4-2-3-5-12(10)15(19-18)9-11-6-7-13(16)14(17)8-11/h2-8,15,19H,9,18H2,1H3. The number of hydrogen-bond donors (Lipinski definition) is 2. The lowest BCUT2D eigenvalue weighted by molar-refractivity contribution is 0.502. The summed E-state index contributed by atoms with van der Waals surface area (Å²) in [5, 5.41) is 0. The van der Waals surface area contributed by atoms with Crippen LogP contribution in [0.3, 0.4) is 0 Å². The third-order valence-electron chi connectivity index (χ3n) is 3.19. The molecule has 0 saturated carbocycles. The minimum atomic E-state index is -0.836. The quantitative estimate of drug-likeness (QED) is 0.656. The van der Waals surface area contributed by atoms with E-state index in [0.29, 0.717) is 12.0 Å². The van der Waals surface area contributed by atoms with Gasteiger partial charge in [0.05, 0.1) is 6.04 Å². The first kappa shape index (κ1) is 13.6. The molecule has 4 heteroatoms. The summed E-state index contributed by atoms with van der Waals surface area (Å²) in [5.74, 6) is 3.90. The van der Waals surface area contributed by atoms with E-state index in [1.807, 2.05) is 31.2 Å². The predicted octanol–water partition coefficient (Wildman–Crippen LogP) is 3.02. The zero-order valence-electron chi connectivity index (χ0n) is 10.7. The number of benzene rings is 2. The molecule has 0 aliphatic carbocycles. The fraction of sp³-hybridized carbons (Fsp3) is 0.200. The van der Waals surface area contributed by atoms with Gasteiger partial charge in [-0.2, -0.15) is 0 Å². The van der Waals surface area contributed by atoms with Crippen molar-refractivity contribution in [1.29, 1.82) is 0 Å². The molecule has 0 aliphatic heterocycles. The van der Waals surface area contributed by atoms with Crippen molar-refractivity contribution < 1.29 is 8.78 Å². The molecule has 0 aliphatic rings. The van der Waals surface area contributed by atoms with E-state index in [-0.39, 0.29) is 6.04 Å². The highest BCUT2D eigenvalue weighted by Crippen LogP contribution is 2.21. The van der Waals surface area contributed by atoms with E-state index in [0.717, 1.165) is 17.2 Å². The van der Waals surface area contributed by atoms with Gasteiger partial charge in [-0.15, -0.1) is 0 Å². The molecule has 2 nitrogen and oxygen atoms in total. The zero-order valence-corrected chi connectivity index (χ0v) is 10.7. The number of nitrogens with two attached hydrogens (primary N) is 1. The van der Waals surface area contributed by atoms with Gasteiger partial charge in [-0.05, 0) is 42.2 Å². The van der Waals surface area contributed by atoms with Gasteiger partial charge in [0.15, 0.2) is 11.6 Å². The van der Waals surface area contributed by atoms with Gasteiger partial charge in [-0.1, -0.05) is 30.3 Å². The topological polar surface area (TPSA) is 38.0 Å². The summed E-state index contributed by atoms with van der Waals surface area (Å²) in [6.45, 7) is 1.99. The number of nitrogens with one attached hydrogen (secondary N) is 1. The Morgan fingerprint density at radius 3 is 2.47 bits per heavy atom. The normalized spacial score (nSPS) is 12.4. The molecule has 0 heterocycles. The Morgan fingerprint density at radius 2 is 1.84 bits per heavy atom. The van der Waals surface area contributed by atoms with Crippen LogP contribution in [0.4, 0.5) is 8.78 Å². The molecule has 3 N–H and O–H groups in total. The van der Waals surface area contributed by atoms with E-state index in [9.17, 15) is 8.78 Å². The Hall–Kier alpha value is -1.78. The van der Waals surface area contributed by atoms with Crippen molar-refractivity contribution in [3.8, 4) is 0 Å². The molecule has 0 aromatic heterocycles. The second-order valence-electron chi connectivity index (χ2n) is 4.53. The summed E-state index contributed by atoms with van der Waals surface area (Å²) in [6.07, 6.45) is 0.499. The van der Waals surface area contributed by atoms with Crippen molar-refractivity contribution in [2.45, 2.75) is 19.4 Å². The van der Waals surface area contributed by atoms with Crippen molar-refractivity contribution in [3.63, 3.8) is 0 Å². The van der Waals surface area contributed by atoms with Crippen LogP contribution in [-0.2, 0) is 6.42 Å². The average Bonchev–Trinajstić information content (AvgIpc) is 2.41. The number of rotatable bonds is 4. The molecule has 100 valence electrons. The Morgan fingerprint density at radius 1 is 1.11 bits per heavy atom. The van der Waals surface area contributed by atoms with Gasteiger partial charge < -0.3 is 0 Å². The minimum Gasteiger partial charge on any atom is -0.271 e. The Labute approximate surface area is 111 Å². The van der Waals surface area contributed by atoms with Crippen molar-refractivity contribution in [2.24, 2.45) is 5.84 Å². The zero-order chi connectivity index (χ0) is 13.8. The lowest BCUT2D eigenvalue weighted by atomic mass is 9.96. The van der Waals surface area contributed by atoms with Gasteiger partial charge in [0.2, 0.25) is 0 Å². The van der Waals surface area contributed by atoms with Gasteiger partial charge in [0.25, 0.3) is 0 Å². The van der Waals surface area contributed by atoms with E-state index in [1.165, 1.54) is 6.07 Å². The molecular formula is C15H16F2N2. The van der Waals surface area contributed by atoms with Gasteiger partial charge in [0, 0.05) is 0 Å². The number of aryl methyl sites for hydroxylation is 1. The maximum absolute atomic E-state index is 13.2. The van der Waals surface area contributed by atoms with E-state index in [4.69, 9.17) is 5.84 Å². The highest BCUT2D eigenvalue weighted by atomic mass is 19.2. The maximum Gasteiger partial charge on any atom is 0.159 e. The molecule has 2 rings (SSSR count). The van der Waals surface area contributed by atoms with Crippen molar-refractivity contribution >= 4 is 0 Å². The van der Waals surface area contributed by atoms with Crippen LogP contribution < -0.4 is 11.3 Å². The number of halogens is 2. The number of hydrogen-bond acceptors (Lipinski definition) is 2. The fourth-order valence-electron chi connectivity index (χ4n) is 2.14. The summed E-state index contributed by atoms with van der Waals surface area (Å²) >= 11 is 0. The third kappa shape index (κ3) is 3.16. The number of hydrazine groups is 1. The van der Waals surface area contributed by atoms with Crippen molar-refractivity contribution in [2.75, 3.05) is 0 Å². The fourth-order valence-corrected chi connectivity index (χ4v) is 2.14. The SMILES string of the molecule is Cc1ccccc1C(Cc1ccc(F)c(F)c1)NN. The second-order valence-corrected chi connectivity index (χ2v) is 4.53. The monoisotopic (exact) mass is 262 g/mol. The van der Waals surface area contributed by atoms with Crippen LogP contribution in [0.1, 0.15) is 22.7 Å². The molecule has 2 aromatic rings. The predicted molar refractivity (Wildman–Crippen MR) is 71.3 cm³/mol. The van der Waals surface area contributed by atoms with E-state index in [2.05, 4.69) is 5.43 Å². The molecule has 0 radical (unpaired) electrons. The molecule has 19 heavy (non-hydrogen) atoms. The van der Waals surface area contributed by atoms with Crippen LogP contribution in [0.15, 0.2) is 42.5 Å². The molecule has 0 fully saturated rings. The molecular weight excluding hydrogens is 246 g/mol. The van der Waals surface area contributed by atoms with E-state index in [1.54, 1.807) is 6.07 Å². The largest absolute Gasteiger partial charge is 0.271 e. The first-order valence-corrected chi connectivity index (χ1v) is 6.07. The molecule has 1 unspecified atom stereocenters. The van der Waals surface area contributed by atoms with Crippen molar-refractivity contribution in [1.82, 2.24) is 5.43 Å². The Bertz CT molecular complexity index is 570. The van der Waals surface area contributed by atoms with Crippen LogP contribution in [0, 0.1) is 18.6 Å². The molecule has 0 bridgehead atoms. The summed E-state index contributed by atoms with van der Waals surface area (Å²) in [5.41, 5.74) is 5.58. The van der Waals surface area contributed by atoms with Crippen LogP contribution >= 0.6 is 0 Å². The first-order chi connectivity index (χ1) is 9.11. The van der Waals surface area contributed by atoms with Crippen LogP contribution in [0.2, 0.25) is 0 Å². The van der Waals surface area contributed by atoms with Crippen LogP contribution in [-0.4, -0.2) is 0 Å². The maximum atomic E-state index is 13.2. The van der Waals surface area contributed by atoms with E-state index >= 15 is 0 Å². The summed E-state index contributed by atoms with van der Waals surface area (Å²) in [4.78, 5) is 0.